The van der Waals surface area contributed by atoms with Gasteiger partial charge in [-0.3, -0.25) is 0 Å². The summed E-state index contributed by atoms with van der Waals surface area (Å²) < 4.78 is 28.6. The fourth-order valence-electron chi connectivity index (χ4n) is 7.32. The molecule has 0 radical (unpaired) electrons. The van der Waals surface area contributed by atoms with Crippen molar-refractivity contribution in [3.8, 4) is 17.2 Å². The SMILES string of the molecule is COC/C=C1\C[N+]2([O-])[C@H]3C[C@]45C(=Nc6cc7c(c(OC)c64)OCO7)OCC3[C@H]1C[C@@H]52. The molecule has 0 amide bonds. The number of aliphatic imine (C=N–C) groups is 1. The maximum atomic E-state index is 14.5. The summed E-state index contributed by atoms with van der Waals surface area (Å²) in [4.78, 5) is 4.89. The Morgan fingerprint density at radius 2 is 2.23 bits per heavy atom. The fraction of sp³-hybridized carbons (Fsp3) is 0.591. The third-order valence-corrected chi connectivity index (χ3v) is 8.36. The second-order valence-corrected chi connectivity index (χ2v) is 9.28. The molecule has 5 saturated heterocycles. The summed E-state index contributed by atoms with van der Waals surface area (Å²) in [7, 11) is 3.34. The quantitative estimate of drug-likeness (QED) is 0.431. The smallest absolute Gasteiger partial charge is 0.231 e. The van der Waals surface area contributed by atoms with Gasteiger partial charge in [-0.1, -0.05) is 6.08 Å². The Hall–Kier alpha value is -2.29. The van der Waals surface area contributed by atoms with Gasteiger partial charge < -0.3 is 33.5 Å². The minimum absolute atomic E-state index is 0.0159. The summed E-state index contributed by atoms with van der Waals surface area (Å²) in [5, 5.41) is 14.5. The highest BCUT2D eigenvalue weighted by molar-refractivity contribution is 6.00. The van der Waals surface area contributed by atoms with E-state index in [1.807, 2.05) is 6.07 Å². The van der Waals surface area contributed by atoms with Crippen molar-refractivity contribution in [2.75, 3.05) is 40.8 Å². The summed E-state index contributed by atoms with van der Waals surface area (Å²) in [6, 6.07) is 1.80. The van der Waals surface area contributed by atoms with Crippen LogP contribution in [-0.2, 0) is 14.9 Å². The molecule has 1 aromatic rings. The number of rotatable bonds is 3. The Balaban J connectivity index is 1.44. The largest absolute Gasteiger partial charge is 0.632 e. The van der Waals surface area contributed by atoms with Crippen LogP contribution in [0.4, 0.5) is 5.69 Å². The summed E-state index contributed by atoms with van der Waals surface area (Å²) in [5.74, 6) is 3.17. The van der Waals surface area contributed by atoms with E-state index >= 15 is 0 Å². The summed E-state index contributed by atoms with van der Waals surface area (Å²) >= 11 is 0. The lowest BCUT2D eigenvalue weighted by Crippen LogP contribution is -2.70. The molecule has 6 atom stereocenters. The van der Waals surface area contributed by atoms with Crippen molar-refractivity contribution in [3.63, 3.8) is 0 Å². The van der Waals surface area contributed by atoms with E-state index in [1.54, 1.807) is 14.2 Å². The number of nitrogens with zero attached hydrogens (tertiary/aromatic N) is 2. The van der Waals surface area contributed by atoms with Crippen molar-refractivity contribution < 1.29 is 28.3 Å². The molecular formula is C22H24N2O6. The minimum Gasteiger partial charge on any atom is -0.632 e. The van der Waals surface area contributed by atoms with Crippen molar-refractivity contribution in [1.29, 1.82) is 0 Å². The number of methoxy groups -OCH3 is 2. The molecule has 1 spiro atoms. The predicted molar refractivity (Wildman–Crippen MR) is 106 cm³/mol. The number of hydrogen-bond acceptors (Lipinski definition) is 7. The first-order valence-electron chi connectivity index (χ1n) is 10.6. The average molecular weight is 412 g/mol. The first-order chi connectivity index (χ1) is 14.6. The van der Waals surface area contributed by atoms with Crippen LogP contribution >= 0.6 is 0 Å². The van der Waals surface area contributed by atoms with Gasteiger partial charge in [0.15, 0.2) is 11.5 Å². The molecule has 7 aliphatic rings. The van der Waals surface area contributed by atoms with E-state index in [-0.39, 0.29) is 29.4 Å². The summed E-state index contributed by atoms with van der Waals surface area (Å²) in [5.41, 5.74) is 2.43. The fourth-order valence-corrected chi connectivity index (χ4v) is 7.32. The lowest BCUT2D eigenvalue weighted by atomic mass is 9.67. The maximum Gasteiger partial charge on any atom is 0.231 e. The van der Waals surface area contributed by atoms with Gasteiger partial charge in [0, 0.05) is 37.5 Å². The van der Waals surface area contributed by atoms with Crippen LogP contribution in [0.15, 0.2) is 22.7 Å². The van der Waals surface area contributed by atoms with E-state index in [2.05, 4.69) is 6.08 Å². The molecule has 8 rings (SSSR count). The highest BCUT2D eigenvalue weighted by atomic mass is 16.7. The first-order valence-corrected chi connectivity index (χ1v) is 10.6. The number of fused-ring (bicyclic) bond motifs is 3. The Labute approximate surface area is 174 Å². The molecule has 2 unspecified atom stereocenters. The molecule has 8 nitrogen and oxygen atoms in total. The van der Waals surface area contributed by atoms with Crippen LogP contribution in [0.3, 0.4) is 0 Å². The van der Waals surface area contributed by atoms with Gasteiger partial charge in [0.25, 0.3) is 0 Å². The second kappa shape index (κ2) is 5.49. The van der Waals surface area contributed by atoms with Crippen LogP contribution in [-0.4, -0.2) is 63.4 Å². The topological polar surface area (TPSA) is 81.6 Å². The second-order valence-electron chi connectivity index (χ2n) is 9.28. The highest BCUT2D eigenvalue weighted by Gasteiger charge is 2.75. The molecule has 5 fully saturated rings. The number of hydroxylamine groups is 3. The normalized spacial score (nSPS) is 42.1. The zero-order valence-corrected chi connectivity index (χ0v) is 17.1. The van der Waals surface area contributed by atoms with Crippen molar-refractivity contribution in [2.24, 2.45) is 16.8 Å². The number of ether oxygens (including phenoxy) is 5. The molecule has 0 saturated carbocycles. The van der Waals surface area contributed by atoms with Crippen LogP contribution in [0.1, 0.15) is 18.4 Å². The van der Waals surface area contributed by atoms with Gasteiger partial charge in [-0.25, -0.2) is 4.99 Å². The van der Waals surface area contributed by atoms with Gasteiger partial charge >= 0.3 is 0 Å². The van der Waals surface area contributed by atoms with Gasteiger partial charge in [0.05, 0.1) is 38.0 Å². The van der Waals surface area contributed by atoms with Crippen molar-refractivity contribution in [2.45, 2.75) is 30.3 Å². The Morgan fingerprint density at radius 1 is 1.33 bits per heavy atom. The molecule has 0 aliphatic carbocycles. The highest BCUT2D eigenvalue weighted by Crippen LogP contribution is 2.68. The third-order valence-electron chi connectivity index (χ3n) is 8.36. The van der Waals surface area contributed by atoms with Gasteiger partial charge in [0.1, 0.15) is 18.0 Å². The maximum absolute atomic E-state index is 14.5. The Bertz CT molecular complexity index is 1040. The van der Waals surface area contributed by atoms with Crippen molar-refractivity contribution in [1.82, 2.24) is 0 Å². The predicted octanol–water partition coefficient (Wildman–Crippen LogP) is 2.41. The molecule has 7 aliphatic heterocycles. The molecule has 5 bridgehead atoms. The van der Waals surface area contributed by atoms with Crippen LogP contribution in [0.5, 0.6) is 17.2 Å². The van der Waals surface area contributed by atoms with E-state index in [4.69, 9.17) is 28.7 Å². The lowest BCUT2D eigenvalue weighted by Gasteiger charge is -2.63. The monoisotopic (exact) mass is 412 g/mol. The lowest BCUT2D eigenvalue weighted by molar-refractivity contribution is -0.932. The van der Waals surface area contributed by atoms with Crippen LogP contribution < -0.4 is 14.2 Å². The molecule has 8 heteroatoms. The van der Waals surface area contributed by atoms with Gasteiger partial charge in [-0.15, -0.1) is 0 Å². The van der Waals surface area contributed by atoms with Crippen LogP contribution in [0, 0.1) is 17.0 Å². The zero-order chi connectivity index (χ0) is 20.3. The Morgan fingerprint density at radius 3 is 3.07 bits per heavy atom. The average Bonchev–Trinajstić information content (AvgIpc) is 3.31. The molecule has 158 valence electrons. The summed E-state index contributed by atoms with van der Waals surface area (Å²) in [6.07, 6.45) is 3.71. The molecule has 30 heavy (non-hydrogen) atoms. The Kier molecular flexibility index (Phi) is 3.18. The molecular weight excluding hydrogens is 388 g/mol. The number of benzene rings is 1. The van der Waals surface area contributed by atoms with Crippen molar-refractivity contribution in [3.05, 3.63) is 28.5 Å². The zero-order valence-electron chi connectivity index (χ0n) is 17.1. The number of hydrogen-bond donors (Lipinski definition) is 0. The number of quaternary nitrogens is 1. The van der Waals surface area contributed by atoms with Gasteiger partial charge in [-0.05, 0) is 5.57 Å². The van der Waals surface area contributed by atoms with Crippen molar-refractivity contribution >= 4 is 11.6 Å². The standard InChI is InChI=1S/C22H24N2O6/c1-26-4-3-11-8-24(25)15-7-22-17(24)5-12(11)13(15)9-28-21(22)23-14-6-16-19(30-10-29-16)20(27-2)18(14)22/h3,6,12-13,15,17H,4-5,7-10H2,1-2H3/b11-3+/t12-,13?,15-,17-,22+,24?/m0/s1. The van der Waals surface area contributed by atoms with E-state index in [0.717, 1.165) is 24.1 Å². The molecule has 0 aromatic heterocycles. The summed E-state index contributed by atoms with van der Waals surface area (Å²) in [6.45, 7) is 1.79. The van der Waals surface area contributed by atoms with E-state index in [1.165, 1.54) is 5.57 Å². The molecule has 7 heterocycles. The number of piperidine rings is 3. The van der Waals surface area contributed by atoms with E-state index < -0.39 is 5.41 Å². The molecule has 1 aromatic carbocycles. The van der Waals surface area contributed by atoms with Crippen LogP contribution in [0.25, 0.3) is 0 Å². The van der Waals surface area contributed by atoms with Gasteiger partial charge in [0.2, 0.25) is 18.4 Å². The van der Waals surface area contributed by atoms with Gasteiger partial charge in [-0.2, -0.15) is 0 Å². The molecule has 0 N–H and O–H groups in total. The van der Waals surface area contributed by atoms with E-state index in [9.17, 15) is 5.21 Å². The van der Waals surface area contributed by atoms with Crippen LogP contribution in [0.2, 0.25) is 0 Å². The minimum atomic E-state index is -0.551. The first kappa shape index (κ1) is 17.4. The third kappa shape index (κ3) is 1.75. The van der Waals surface area contributed by atoms with E-state index in [0.29, 0.717) is 48.8 Å².